The summed E-state index contributed by atoms with van der Waals surface area (Å²) in [7, 11) is 0. The van der Waals surface area contributed by atoms with Crippen molar-refractivity contribution in [1.82, 2.24) is 0 Å². The molecule has 0 aromatic carbocycles. The standard InChI is InChI=1S/C8H15N3O4.C4H9N3O2/c1-3-14-8(12)6-13-4-5-15-7(2)10-11-9;1-4(6-7-5)9-3-2-8/h7H,3-6H2,1-2H3;4,8H,2-3H2,1H3. The number of esters is 1. The van der Waals surface area contributed by atoms with Gasteiger partial charge in [0.15, 0.2) is 0 Å². The van der Waals surface area contributed by atoms with Crippen LogP contribution in [0.25, 0.3) is 20.9 Å². The maximum Gasteiger partial charge on any atom is 0.332 e. The highest BCUT2D eigenvalue weighted by atomic mass is 16.6. The fraction of sp³-hybridized carbons (Fsp3) is 0.917. The summed E-state index contributed by atoms with van der Waals surface area (Å²) in [6.45, 7) is 5.87. The van der Waals surface area contributed by atoms with E-state index in [1.807, 2.05) is 0 Å². The van der Waals surface area contributed by atoms with Crippen LogP contribution in [0, 0.1) is 0 Å². The Morgan fingerprint density at radius 3 is 2.08 bits per heavy atom. The Balaban J connectivity index is 0. The number of hydrogen-bond donors (Lipinski definition) is 1. The van der Waals surface area contributed by atoms with Crippen molar-refractivity contribution in [3.8, 4) is 0 Å². The lowest BCUT2D eigenvalue weighted by Gasteiger charge is -2.07. The number of hydrogen-bond acceptors (Lipinski definition) is 8. The van der Waals surface area contributed by atoms with Gasteiger partial charge in [-0.15, -0.1) is 0 Å². The second-order valence-electron chi connectivity index (χ2n) is 3.93. The van der Waals surface area contributed by atoms with Gasteiger partial charge in [-0.05, 0) is 31.8 Å². The molecule has 0 aliphatic rings. The van der Waals surface area contributed by atoms with Gasteiger partial charge in [-0.25, -0.2) is 4.79 Å². The second-order valence-corrected chi connectivity index (χ2v) is 3.93. The first-order valence-electron chi connectivity index (χ1n) is 7.17. The van der Waals surface area contributed by atoms with Crippen molar-refractivity contribution in [1.29, 1.82) is 0 Å². The van der Waals surface area contributed by atoms with Crippen LogP contribution in [0.15, 0.2) is 10.2 Å². The Labute approximate surface area is 139 Å². The number of carbonyl (C=O) groups is 1. The zero-order valence-corrected chi connectivity index (χ0v) is 14.1. The van der Waals surface area contributed by atoms with Crippen molar-refractivity contribution in [3.05, 3.63) is 20.9 Å². The van der Waals surface area contributed by atoms with Crippen LogP contribution in [-0.2, 0) is 23.7 Å². The molecule has 0 saturated heterocycles. The molecule has 0 saturated carbocycles. The lowest BCUT2D eigenvalue weighted by atomic mass is 10.6. The van der Waals surface area contributed by atoms with E-state index in [2.05, 4.69) is 24.8 Å². The van der Waals surface area contributed by atoms with Crippen LogP contribution >= 0.6 is 0 Å². The fourth-order valence-corrected chi connectivity index (χ4v) is 1.07. The third-order valence-corrected chi connectivity index (χ3v) is 1.99. The molecule has 1 N–H and O–H groups in total. The summed E-state index contributed by atoms with van der Waals surface area (Å²) in [6, 6.07) is 0. The van der Waals surface area contributed by atoms with Crippen LogP contribution in [0.4, 0.5) is 0 Å². The predicted octanol–water partition coefficient (Wildman–Crippen LogP) is 1.89. The predicted molar refractivity (Wildman–Crippen MR) is 83.7 cm³/mol. The minimum Gasteiger partial charge on any atom is -0.464 e. The van der Waals surface area contributed by atoms with Gasteiger partial charge in [0.05, 0.1) is 33.0 Å². The molecule has 0 radical (unpaired) electrons. The number of nitrogens with zero attached hydrogens (tertiary/aromatic N) is 6. The summed E-state index contributed by atoms with van der Waals surface area (Å²) in [4.78, 5) is 15.9. The van der Waals surface area contributed by atoms with Crippen molar-refractivity contribution in [2.45, 2.75) is 33.2 Å². The molecular formula is C12H24N6O6. The van der Waals surface area contributed by atoms with E-state index in [1.165, 1.54) is 0 Å². The van der Waals surface area contributed by atoms with E-state index >= 15 is 0 Å². The first-order chi connectivity index (χ1) is 11.5. The molecule has 0 fully saturated rings. The molecule has 0 rings (SSSR count). The highest BCUT2D eigenvalue weighted by Crippen LogP contribution is 1.92. The zero-order valence-electron chi connectivity index (χ0n) is 14.1. The Hall–Kier alpha value is -2.07. The van der Waals surface area contributed by atoms with Crippen LogP contribution in [0.3, 0.4) is 0 Å². The molecule has 12 heteroatoms. The lowest BCUT2D eigenvalue weighted by molar-refractivity contribution is -0.149. The van der Waals surface area contributed by atoms with Crippen LogP contribution in [0.2, 0.25) is 0 Å². The molecular weight excluding hydrogens is 324 g/mol. The van der Waals surface area contributed by atoms with E-state index in [4.69, 9.17) is 30.4 Å². The number of carbonyl (C=O) groups excluding carboxylic acids is 1. The maximum atomic E-state index is 10.8. The molecule has 0 aliphatic carbocycles. The number of aliphatic hydroxyl groups is 1. The molecule has 24 heavy (non-hydrogen) atoms. The third kappa shape index (κ3) is 19.9. The molecule has 2 unspecified atom stereocenters. The molecule has 0 aromatic rings. The quantitative estimate of drug-likeness (QED) is 0.185. The van der Waals surface area contributed by atoms with Gasteiger partial charge in [-0.3, -0.25) is 0 Å². The van der Waals surface area contributed by atoms with E-state index in [0.717, 1.165) is 0 Å². The fourth-order valence-electron chi connectivity index (χ4n) is 1.07. The van der Waals surface area contributed by atoms with Crippen molar-refractivity contribution in [2.24, 2.45) is 10.2 Å². The Morgan fingerprint density at radius 1 is 1.08 bits per heavy atom. The summed E-state index contributed by atoms with van der Waals surface area (Å²) < 4.78 is 19.4. The van der Waals surface area contributed by atoms with Crippen molar-refractivity contribution < 1.29 is 28.8 Å². The average Bonchev–Trinajstić information content (AvgIpc) is 2.54. The number of azide groups is 2. The Bertz CT molecular complexity index is 411. The summed E-state index contributed by atoms with van der Waals surface area (Å²) in [5.41, 5.74) is 15.9. The zero-order chi connectivity index (χ0) is 18.6. The summed E-state index contributed by atoms with van der Waals surface area (Å²) >= 11 is 0. The van der Waals surface area contributed by atoms with E-state index in [-0.39, 0.29) is 33.0 Å². The first kappa shape index (κ1) is 24.2. The molecule has 0 heterocycles. The highest BCUT2D eigenvalue weighted by molar-refractivity contribution is 5.70. The summed E-state index contributed by atoms with van der Waals surface area (Å²) in [5, 5.41) is 14.7. The molecule has 2 atom stereocenters. The third-order valence-electron chi connectivity index (χ3n) is 1.99. The molecule has 138 valence electrons. The average molecular weight is 348 g/mol. The van der Waals surface area contributed by atoms with Gasteiger partial charge < -0.3 is 24.1 Å². The maximum absolute atomic E-state index is 10.8. The monoisotopic (exact) mass is 348 g/mol. The van der Waals surface area contributed by atoms with E-state index in [0.29, 0.717) is 6.61 Å². The highest BCUT2D eigenvalue weighted by Gasteiger charge is 2.01. The van der Waals surface area contributed by atoms with Gasteiger partial charge in [-0.2, -0.15) is 0 Å². The van der Waals surface area contributed by atoms with Crippen molar-refractivity contribution >= 4 is 5.97 Å². The van der Waals surface area contributed by atoms with Crippen LogP contribution < -0.4 is 0 Å². The van der Waals surface area contributed by atoms with Crippen molar-refractivity contribution in [3.63, 3.8) is 0 Å². The Kier molecular flexibility index (Phi) is 19.1. The Morgan fingerprint density at radius 2 is 1.62 bits per heavy atom. The first-order valence-corrected chi connectivity index (χ1v) is 7.17. The van der Waals surface area contributed by atoms with Gasteiger partial charge in [-0.1, -0.05) is 10.2 Å². The largest absolute Gasteiger partial charge is 0.464 e. The summed E-state index contributed by atoms with van der Waals surface area (Å²) in [6.07, 6.45) is -1.01. The van der Waals surface area contributed by atoms with E-state index in [9.17, 15) is 4.79 Å². The van der Waals surface area contributed by atoms with Gasteiger partial charge in [0, 0.05) is 9.82 Å². The lowest BCUT2D eigenvalue weighted by Crippen LogP contribution is -2.16. The minimum absolute atomic E-state index is 0.0503. The second kappa shape index (κ2) is 19.0. The van der Waals surface area contributed by atoms with Gasteiger partial charge in [0.2, 0.25) is 0 Å². The molecule has 0 aromatic heterocycles. The number of rotatable bonds is 12. The van der Waals surface area contributed by atoms with Gasteiger partial charge >= 0.3 is 5.97 Å². The topological polar surface area (TPSA) is 172 Å². The van der Waals surface area contributed by atoms with Crippen LogP contribution in [-0.4, -0.2) is 63.2 Å². The normalized spacial score (nSPS) is 11.8. The van der Waals surface area contributed by atoms with Gasteiger partial charge in [0.25, 0.3) is 0 Å². The van der Waals surface area contributed by atoms with Crippen LogP contribution in [0.1, 0.15) is 20.8 Å². The number of aliphatic hydroxyl groups excluding tert-OH is 1. The molecule has 12 nitrogen and oxygen atoms in total. The van der Waals surface area contributed by atoms with Crippen LogP contribution in [0.5, 0.6) is 0 Å². The van der Waals surface area contributed by atoms with E-state index in [1.54, 1.807) is 20.8 Å². The number of ether oxygens (including phenoxy) is 4. The van der Waals surface area contributed by atoms with Gasteiger partial charge in [0.1, 0.15) is 19.1 Å². The molecule has 0 amide bonds. The molecule has 0 aliphatic heterocycles. The summed E-state index contributed by atoms with van der Waals surface area (Å²) in [5.74, 6) is -0.402. The molecule has 0 spiro atoms. The molecule has 0 bridgehead atoms. The SMILES string of the molecule is CC(N=[N+]=[N-])OCCO.CCOC(=O)COCCOC(C)N=[N+]=[N-]. The minimum atomic E-state index is -0.527. The smallest absolute Gasteiger partial charge is 0.332 e. The van der Waals surface area contributed by atoms with Crippen molar-refractivity contribution in [2.75, 3.05) is 39.6 Å². The van der Waals surface area contributed by atoms with E-state index < -0.39 is 18.4 Å².